The lowest BCUT2D eigenvalue weighted by atomic mass is 9.83. The Kier molecular flexibility index (Phi) is 28.1. The SMILES string of the molecule is CC/C=C\C/C=C\C/C=C\CCCCCCCC(=O)O[C@@H]1COC(=O)C/C=C\C[C@H]2[C@@H](O)[C@H](O)[C@@H](O)[C@H](OP(=O)(O)OC1)[C@H](O)[C@H](O)[C@@H](/C=C/[C@H](O)CCCCC)[C@H](O)C[C@@H]2O. The summed E-state index contributed by atoms with van der Waals surface area (Å²) in [4.78, 5) is 36.3. The van der Waals surface area contributed by atoms with Crippen LogP contribution < -0.4 is 0 Å². The summed E-state index contributed by atoms with van der Waals surface area (Å²) in [5.74, 6) is -4.30. The Bertz CT molecular complexity index is 1450. The van der Waals surface area contributed by atoms with Gasteiger partial charge in [0.15, 0.2) is 6.10 Å². The Hall–Kier alpha value is -2.57. The van der Waals surface area contributed by atoms with E-state index >= 15 is 0 Å². The van der Waals surface area contributed by atoms with E-state index in [1.165, 1.54) is 24.3 Å². The molecule has 0 radical (unpaired) electrons. The topological polar surface area (TPSA) is 270 Å². The van der Waals surface area contributed by atoms with Crippen molar-refractivity contribution in [3.8, 4) is 0 Å². The van der Waals surface area contributed by atoms with Crippen molar-refractivity contribution in [2.45, 2.75) is 184 Å². The number of aliphatic hydroxyl groups is 8. The number of ether oxygens (including phenoxy) is 2. The number of unbranched alkanes of at least 4 members (excludes halogenated alkanes) is 7. The maximum atomic E-state index is 13.4. The Balaban J connectivity index is 2.20. The molecule has 17 heteroatoms. The van der Waals surface area contributed by atoms with Gasteiger partial charge in [-0.2, -0.15) is 0 Å². The zero-order valence-electron chi connectivity index (χ0n) is 36.5. The van der Waals surface area contributed by atoms with E-state index in [0.717, 1.165) is 64.2 Å². The second-order valence-electron chi connectivity index (χ2n) is 16.2. The van der Waals surface area contributed by atoms with Crippen molar-refractivity contribution in [3.63, 3.8) is 0 Å². The van der Waals surface area contributed by atoms with Gasteiger partial charge in [-0.05, 0) is 51.4 Å². The van der Waals surface area contributed by atoms with Crippen LogP contribution in [-0.4, -0.2) is 132 Å². The number of allylic oxidation sites excluding steroid dienone is 7. The van der Waals surface area contributed by atoms with E-state index in [9.17, 15) is 59.9 Å². The molecule has 1 saturated carbocycles. The zero-order chi connectivity index (χ0) is 45.9. The molecule has 2 rings (SSSR count). The molecule has 1 unspecified atom stereocenters. The molecule has 0 amide bonds. The molecule has 1 aliphatic carbocycles. The van der Waals surface area contributed by atoms with Crippen LogP contribution >= 0.6 is 7.82 Å². The van der Waals surface area contributed by atoms with Crippen LogP contribution in [0, 0.1) is 11.8 Å². The van der Waals surface area contributed by atoms with Crippen molar-refractivity contribution in [2.75, 3.05) is 13.2 Å². The van der Waals surface area contributed by atoms with Crippen molar-refractivity contribution < 1.29 is 78.4 Å². The van der Waals surface area contributed by atoms with Crippen LogP contribution in [0.5, 0.6) is 0 Å². The van der Waals surface area contributed by atoms with E-state index in [4.69, 9.17) is 18.5 Å². The van der Waals surface area contributed by atoms with Crippen LogP contribution in [-0.2, 0) is 32.7 Å². The third-order valence-electron chi connectivity index (χ3n) is 10.9. The van der Waals surface area contributed by atoms with Crippen LogP contribution in [0.15, 0.2) is 60.8 Å². The minimum absolute atomic E-state index is 0.00294. The number of hydrogen-bond donors (Lipinski definition) is 9. The summed E-state index contributed by atoms with van der Waals surface area (Å²) in [6, 6.07) is 0. The molecule has 2 aliphatic rings. The number of rotatable bonds is 20. The summed E-state index contributed by atoms with van der Waals surface area (Å²) >= 11 is 0. The van der Waals surface area contributed by atoms with Gasteiger partial charge >= 0.3 is 19.8 Å². The molecular formula is C45H75O16P. The number of fused-ring (bicyclic) bond motifs is 4. The van der Waals surface area contributed by atoms with E-state index in [2.05, 4.69) is 43.4 Å². The maximum absolute atomic E-state index is 13.4. The number of phosphoric ester groups is 1. The zero-order valence-corrected chi connectivity index (χ0v) is 37.4. The lowest BCUT2D eigenvalue weighted by molar-refractivity contribution is -0.167. The molecule has 1 aliphatic heterocycles. The Labute approximate surface area is 367 Å². The highest BCUT2D eigenvalue weighted by atomic mass is 31.2. The van der Waals surface area contributed by atoms with Crippen molar-refractivity contribution in [1.82, 2.24) is 0 Å². The molecule has 356 valence electrons. The normalized spacial score (nSPS) is 33.5. The predicted molar refractivity (Wildman–Crippen MR) is 232 cm³/mol. The first-order chi connectivity index (χ1) is 29.6. The highest BCUT2D eigenvalue weighted by Gasteiger charge is 2.49. The van der Waals surface area contributed by atoms with Crippen molar-refractivity contribution >= 4 is 19.8 Å². The van der Waals surface area contributed by atoms with Gasteiger partial charge in [0.2, 0.25) is 0 Å². The predicted octanol–water partition coefficient (Wildman–Crippen LogP) is 4.54. The van der Waals surface area contributed by atoms with E-state index in [1.54, 1.807) is 0 Å². The van der Waals surface area contributed by atoms with Gasteiger partial charge in [-0.1, -0.05) is 113 Å². The summed E-state index contributed by atoms with van der Waals surface area (Å²) < 4.78 is 34.4. The van der Waals surface area contributed by atoms with Crippen LogP contribution in [0.3, 0.4) is 0 Å². The number of esters is 2. The first-order valence-electron chi connectivity index (χ1n) is 22.3. The van der Waals surface area contributed by atoms with Gasteiger partial charge in [-0.3, -0.25) is 18.6 Å². The fourth-order valence-electron chi connectivity index (χ4n) is 7.22. The number of cyclic esters (lactones) is 1. The van der Waals surface area contributed by atoms with Gasteiger partial charge in [0, 0.05) is 24.7 Å². The number of aliphatic hydroxyl groups excluding tert-OH is 8. The third-order valence-corrected chi connectivity index (χ3v) is 11.9. The number of carbonyl (C=O) groups excluding carboxylic acids is 2. The van der Waals surface area contributed by atoms with Crippen molar-refractivity contribution in [2.24, 2.45) is 11.8 Å². The van der Waals surface area contributed by atoms with Crippen LogP contribution in [0.25, 0.3) is 0 Å². The minimum Gasteiger partial charge on any atom is -0.461 e. The fourth-order valence-corrected chi connectivity index (χ4v) is 8.19. The standard InChI is InChI=1S/C45H75O16P/c1-3-5-7-8-9-10-11-12-13-14-15-16-17-18-20-26-39(50)60-33-30-58-38(49)25-22-21-24-34-36(47)29-37(48)35(28-27-32(46)23-19-6-4-2)41(52)43(54)45(44(55)42(53)40(34)51)61-62(56,57)59-31-33/h5,7,9-10,12-13,21-22,27-28,32-37,40-48,51-55H,3-4,6,8,11,14-20,23-26,29-31H2,1-2H3,(H,56,57)/b7-5-,10-9-,13-12-,22-21-,28-27+/t32-,33-,34-,35+,36+,37-,40-,41-,42+,43-,44-,45-/m1/s1. The summed E-state index contributed by atoms with van der Waals surface area (Å²) in [5.41, 5.74) is 0. The molecule has 1 fully saturated rings. The van der Waals surface area contributed by atoms with Gasteiger partial charge in [-0.15, -0.1) is 0 Å². The third kappa shape index (κ3) is 21.9. The summed E-state index contributed by atoms with van der Waals surface area (Å²) in [6.45, 7) is 2.63. The van der Waals surface area contributed by atoms with Gasteiger partial charge in [0.05, 0.1) is 43.5 Å². The average molecular weight is 903 g/mol. The van der Waals surface area contributed by atoms with Gasteiger partial charge < -0.3 is 55.2 Å². The largest absolute Gasteiger partial charge is 0.472 e. The molecule has 62 heavy (non-hydrogen) atoms. The Morgan fingerprint density at radius 1 is 0.806 bits per heavy atom. The second-order valence-corrected chi connectivity index (χ2v) is 17.6. The summed E-state index contributed by atoms with van der Waals surface area (Å²) in [5, 5.41) is 89.5. The fraction of sp³-hybridized carbons (Fsp3) is 0.733. The summed E-state index contributed by atoms with van der Waals surface area (Å²) in [6.07, 6.45) is 8.47. The molecule has 0 saturated heterocycles. The minimum atomic E-state index is -5.44. The van der Waals surface area contributed by atoms with Gasteiger partial charge in [-0.25, -0.2) is 4.57 Å². The van der Waals surface area contributed by atoms with Crippen LogP contribution in [0.2, 0.25) is 0 Å². The lowest BCUT2D eigenvalue weighted by Crippen LogP contribution is -2.55. The lowest BCUT2D eigenvalue weighted by Gasteiger charge is -2.37. The number of carbonyl (C=O) groups is 2. The van der Waals surface area contributed by atoms with Crippen LogP contribution in [0.4, 0.5) is 0 Å². The highest BCUT2D eigenvalue weighted by Crippen LogP contribution is 2.47. The molecule has 2 bridgehead atoms. The molecular weight excluding hydrogens is 827 g/mol. The molecule has 0 aromatic carbocycles. The van der Waals surface area contributed by atoms with E-state index in [0.29, 0.717) is 19.3 Å². The Morgan fingerprint density at radius 3 is 2.18 bits per heavy atom. The molecule has 13 atom stereocenters. The maximum Gasteiger partial charge on any atom is 0.472 e. The van der Waals surface area contributed by atoms with Crippen molar-refractivity contribution in [1.29, 1.82) is 0 Å². The van der Waals surface area contributed by atoms with Gasteiger partial charge in [0.1, 0.15) is 31.0 Å². The van der Waals surface area contributed by atoms with E-state index in [1.807, 2.05) is 6.92 Å². The first-order valence-corrected chi connectivity index (χ1v) is 23.8. The molecule has 1 heterocycles. The Morgan fingerprint density at radius 2 is 1.47 bits per heavy atom. The molecule has 0 aromatic heterocycles. The number of phosphoric acid groups is 1. The molecule has 16 nitrogen and oxygen atoms in total. The van der Waals surface area contributed by atoms with E-state index < -0.39 is 112 Å². The van der Waals surface area contributed by atoms with Crippen LogP contribution in [0.1, 0.15) is 123 Å². The quantitative estimate of drug-likeness (QED) is 0.0351. The van der Waals surface area contributed by atoms with Crippen molar-refractivity contribution in [3.05, 3.63) is 60.8 Å². The average Bonchev–Trinajstić information content (AvgIpc) is 3.23. The smallest absolute Gasteiger partial charge is 0.461 e. The second kappa shape index (κ2) is 31.3. The number of hydrogen-bond acceptors (Lipinski definition) is 15. The molecule has 0 spiro atoms. The summed E-state index contributed by atoms with van der Waals surface area (Å²) in [7, 11) is -5.44. The monoisotopic (exact) mass is 902 g/mol. The van der Waals surface area contributed by atoms with Gasteiger partial charge in [0.25, 0.3) is 0 Å². The first kappa shape index (κ1) is 55.6. The van der Waals surface area contributed by atoms with E-state index in [-0.39, 0.29) is 19.3 Å². The molecule has 9 N–H and O–H groups in total. The highest BCUT2D eigenvalue weighted by molar-refractivity contribution is 7.47. The molecule has 0 aromatic rings.